The van der Waals surface area contributed by atoms with Crippen LogP contribution in [0.1, 0.15) is 429 Å². The van der Waals surface area contributed by atoms with E-state index in [-0.39, 0.29) is 0 Å². The van der Waals surface area contributed by atoms with Gasteiger partial charge in [0.1, 0.15) is 5.57 Å². The zero-order valence-electron chi connectivity index (χ0n) is 59.7. The van der Waals surface area contributed by atoms with E-state index in [4.69, 9.17) is 0 Å². The number of allylic oxidation sites excluding steroid dienone is 2. The van der Waals surface area contributed by atoms with Crippen molar-refractivity contribution in [1.82, 2.24) is 0 Å². The fourth-order valence-corrected chi connectivity index (χ4v) is 14.2. The van der Waals surface area contributed by atoms with Crippen LogP contribution in [0, 0.1) is 11.8 Å². The molecule has 0 N–H and O–H groups in total. The van der Waals surface area contributed by atoms with Crippen molar-refractivity contribution in [2.45, 2.75) is 431 Å². The predicted octanol–water partition coefficient (Wildman–Crippen LogP) is 30.2. The third kappa shape index (κ3) is 48.3. The molecule has 3 heteroatoms. The van der Waals surface area contributed by atoms with E-state index in [1.165, 1.54) is 386 Å². The van der Waals surface area contributed by atoms with Crippen molar-refractivity contribution in [3.8, 4) is 11.8 Å². The molecular weight excluding hydrogens is 1110 g/mol. The second kappa shape index (κ2) is 64.7. The maximum absolute atomic E-state index is 11.9. The van der Waals surface area contributed by atoms with E-state index < -0.39 is 0 Å². The second-order valence-electron chi connectivity index (χ2n) is 27.4. The molecule has 0 fully saturated rings. The van der Waals surface area contributed by atoms with Gasteiger partial charge < -0.3 is 5.53 Å². The molecule has 0 bridgehead atoms. The summed E-state index contributed by atoms with van der Waals surface area (Å²) in [6.07, 6.45) is 85.5. The molecule has 0 aromatic heterocycles. The van der Waals surface area contributed by atoms with E-state index in [2.05, 4.69) is 101 Å². The quantitative estimate of drug-likeness (QED) is 0.0273. The number of rotatable bonds is 63. The molecule has 0 aliphatic carbocycles. The van der Waals surface area contributed by atoms with Crippen molar-refractivity contribution < 1.29 is 19.1 Å². The first-order valence-corrected chi connectivity index (χ1v) is 41.1. The van der Waals surface area contributed by atoms with E-state index in [9.17, 15) is 5.53 Å². The molecule has 88 heavy (non-hydrogen) atoms. The molecule has 1 aliphatic heterocycles. The van der Waals surface area contributed by atoms with Gasteiger partial charge in [0.05, 0.1) is 0 Å². The van der Waals surface area contributed by atoms with Gasteiger partial charge in [-0.25, -0.2) is 4.70 Å². The second-order valence-corrected chi connectivity index (χ2v) is 28.9. The molecule has 0 saturated heterocycles. The number of hydrogen-bond acceptors (Lipinski definition) is 0. The van der Waals surface area contributed by atoms with Crippen molar-refractivity contribution in [2.75, 3.05) is 0 Å². The van der Waals surface area contributed by atoms with Crippen molar-refractivity contribution in [3.05, 3.63) is 88.0 Å². The average molecular weight is 1260 g/mol. The Labute approximate surface area is 557 Å². The maximum atomic E-state index is 11.9. The molecule has 0 radical (unpaired) electrons. The van der Waals surface area contributed by atoms with E-state index in [1.54, 1.807) is 0 Å². The summed E-state index contributed by atoms with van der Waals surface area (Å²) in [6, 6.07) is 17.8. The Morgan fingerprint density at radius 2 is 0.591 bits per heavy atom. The summed E-state index contributed by atoms with van der Waals surface area (Å²) in [5, 5.41) is 2.81. The summed E-state index contributed by atoms with van der Waals surface area (Å²) < 4.78 is 1.44. The Morgan fingerprint density at radius 1 is 0.318 bits per heavy atom. The van der Waals surface area contributed by atoms with Crippen LogP contribution in [0.5, 0.6) is 0 Å². The number of benzene rings is 2. The normalized spacial score (nSPS) is 12.3. The van der Waals surface area contributed by atoms with Crippen LogP contribution in [0.25, 0.3) is 16.9 Å². The third-order valence-electron chi connectivity index (χ3n) is 18.8. The van der Waals surface area contributed by atoms with Crippen molar-refractivity contribution in [3.63, 3.8) is 0 Å². The first kappa shape index (κ1) is 81.7. The molecule has 1 aliphatic rings. The van der Waals surface area contributed by atoms with Gasteiger partial charge in [0.2, 0.25) is 11.4 Å². The van der Waals surface area contributed by atoms with Gasteiger partial charge in [-0.1, -0.05) is 365 Å². The van der Waals surface area contributed by atoms with Crippen LogP contribution in [0.4, 0.5) is 0 Å². The molecule has 1 heterocycles. The van der Waals surface area contributed by atoms with Gasteiger partial charge in [-0.3, -0.25) is 0 Å². The zero-order valence-corrected chi connectivity index (χ0v) is 60.7. The first-order valence-electron chi connectivity index (χ1n) is 39.7. The molecule has 0 unspecified atom stereocenters. The van der Waals surface area contributed by atoms with Crippen LogP contribution in [-0.2, 0) is 27.3 Å². The molecule has 0 spiro atoms. The van der Waals surface area contributed by atoms with Crippen LogP contribution < -0.4 is 0 Å². The van der Waals surface area contributed by atoms with Crippen molar-refractivity contribution >= 4 is 11.4 Å². The Kier molecular flexibility index (Phi) is 60.0. The molecule has 508 valence electrons. The average Bonchev–Trinajstić information content (AvgIpc) is 2.48. The molecule has 2 nitrogen and oxygen atoms in total. The number of aryl methyl sites for hydroxylation is 2. The molecule has 3 rings (SSSR count). The number of hydrogen-bond donors (Lipinski definition) is 0. The molecule has 0 atom stereocenters. The fourth-order valence-electron chi connectivity index (χ4n) is 12.9. The van der Waals surface area contributed by atoms with Gasteiger partial charge in [0.15, 0.2) is 0 Å². The topological polar surface area (TPSA) is 25.3 Å². The summed E-state index contributed by atoms with van der Waals surface area (Å²) in [6.45, 7) is 11.4. The van der Waals surface area contributed by atoms with Gasteiger partial charge >= 0.3 is 77.6 Å². The number of unbranched alkanes of at least 4 members (excludes halogenated alkanes) is 53. The number of nitrogens with zero attached hydrogens (tertiary/aromatic N) is 2. The first-order chi connectivity index (χ1) is 43.6. The summed E-state index contributed by atoms with van der Waals surface area (Å²) in [5.74, 6) is 7.11. The molecule has 2 aromatic rings. The van der Waals surface area contributed by atoms with Crippen LogP contribution >= 0.6 is 0 Å². The van der Waals surface area contributed by atoms with Crippen LogP contribution in [0.2, 0.25) is 10.8 Å². The van der Waals surface area contributed by atoms with Crippen molar-refractivity contribution in [2.24, 2.45) is 0 Å². The molecule has 2 aromatic carbocycles. The van der Waals surface area contributed by atoms with E-state index in [1.807, 2.05) is 14.4 Å². The van der Waals surface area contributed by atoms with Gasteiger partial charge in [0, 0.05) is 23.6 Å². The van der Waals surface area contributed by atoms with E-state index in [0.717, 1.165) is 53.8 Å². The van der Waals surface area contributed by atoms with Crippen LogP contribution in [0.15, 0.2) is 60.2 Å². The third-order valence-corrected chi connectivity index (χ3v) is 20.2. The Hall–Kier alpha value is -2.43. The van der Waals surface area contributed by atoms with Gasteiger partial charge in [-0.05, 0) is 67.5 Å². The summed E-state index contributed by atoms with van der Waals surface area (Å²) >= 11 is 1.97. The standard InChI is InChI=1S/C75H126N2.2C5H11.Ni/c1-4-7-10-12-14-16-18-20-22-24-26-28-30-31-32-33-35-36-38-40-42-44-46-48-50-52-55-60-70-62-58-65-72(67-70)75-73(68-74(77(75)76)71-64-57-61-69(66-71)59-54-9-6-3)63-56-53-51-49-47-45-43-41-39-37-34-29-27-25-23-21-19-17-15-13-11-8-5-2;2*1-3-5-4-2;/h57-58,61-62,64-68H,4-55,59-60H2,1-3H3;2*1,3-5H2,2H3;. The molecule has 0 saturated carbocycles. The van der Waals surface area contributed by atoms with Crippen LogP contribution in [-0.4, -0.2) is 4.70 Å². The fraction of sp³-hybridized carbons (Fsp3) is 0.788. The van der Waals surface area contributed by atoms with Gasteiger partial charge in [0.25, 0.3) is 0 Å². The van der Waals surface area contributed by atoms with E-state index >= 15 is 0 Å². The van der Waals surface area contributed by atoms with Gasteiger partial charge in [-0.2, -0.15) is 0 Å². The Balaban J connectivity index is 0.00000217. The zero-order chi connectivity index (χ0) is 62.9. The summed E-state index contributed by atoms with van der Waals surface area (Å²) in [7, 11) is 0. The van der Waals surface area contributed by atoms with Crippen LogP contribution in [0.3, 0.4) is 0 Å². The minimum atomic E-state index is 0.838. The van der Waals surface area contributed by atoms with E-state index in [0.29, 0.717) is 0 Å². The van der Waals surface area contributed by atoms with Crippen molar-refractivity contribution in [1.29, 1.82) is 0 Å². The molecular formula is C85H148N2Ni. The SMILES string of the molecule is CCCCCCCCCCCCCCCCCCCCCCCC#CC1=C(c2cccc(CCCCCCCCCCCCCCCCCCCCCCCCCCCCC)c2)[N+](=[N-])C(c2cccc(CCCCC)c2)=C1.CCCC[CH2][Ni][CH2]CCCC. The molecule has 0 amide bonds. The Bertz CT molecular complexity index is 1950. The summed E-state index contributed by atoms with van der Waals surface area (Å²) in [4.78, 5) is 0. The Morgan fingerprint density at radius 3 is 0.943 bits per heavy atom. The summed E-state index contributed by atoms with van der Waals surface area (Å²) in [5.41, 5.74) is 19.4. The minimum absolute atomic E-state index is 0.838. The van der Waals surface area contributed by atoms with Gasteiger partial charge in [-0.15, -0.1) is 0 Å². The predicted molar refractivity (Wildman–Crippen MR) is 392 cm³/mol. The monoisotopic (exact) mass is 1260 g/mol.